The number of nitrogens with one attached hydrogen (secondary N) is 2. The molecule has 1 aliphatic heterocycles. The molecular weight excluding hydrogens is 327 g/mol. The number of hydrogen-bond donors (Lipinski definition) is 2. The third kappa shape index (κ3) is 7.08. The van der Waals surface area contributed by atoms with Crippen LogP contribution < -0.4 is 10.6 Å². The molecule has 1 atom stereocenters. The molecule has 1 rings (SSSR count). The highest BCUT2D eigenvalue weighted by molar-refractivity contribution is 14.0. The number of rotatable bonds is 5. The van der Waals surface area contributed by atoms with Gasteiger partial charge in [0.15, 0.2) is 5.96 Å². The van der Waals surface area contributed by atoms with Crippen molar-refractivity contribution in [3.05, 3.63) is 0 Å². The van der Waals surface area contributed by atoms with E-state index in [1.807, 2.05) is 0 Å². The average Bonchev–Trinajstić information content (AvgIpc) is 2.68. The molecule has 1 saturated heterocycles. The van der Waals surface area contributed by atoms with Gasteiger partial charge >= 0.3 is 0 Å². The molecule has 102 valence electrons. The Balaban J connectivity index is 0.00000256. The molecule has 0 spiro atoms. The van der Waals surface area contributed by atoms with Gasteiger partial charge in [-0.05, 0) is 39.3 Å². The highest BCUT2D eigenvalue weighted by atomic mass is 127. The predicted molar refractivity (Wildman–Crippen MR) is 85.3 cm³/mol. The van der Waals surface area contributed by atoms with E-state index in [4.69, 9.17) is 0 Å². The average molecular weight is 354 g/mol. The molecule has 4 nitrogen and oxygen atoms in total. The number of nitrogens with zero attached hydrogens (tertiary/aromatic N) is 2. The second-order valence-electron chi connectivity index (χ2n) is 4.56. The maximum Gasteiger partial charge on any atom is 0.191 e. The van der Waals surface area contributed by atoms with E-state index >= 15 is 0 Å². The van der Waals surface area contributed by atoms with Crippen LogP contribution >= 0.6 is 24.0 Å². The van der Waals surface area contributed by atoms with E-state index in [1.165, 1.54) is 19.5 Å². The summed E-state index contributed by atoms with van der Waals surface area (Å²) < 4.78 is 0. The Morgan fingerprint density at radius 2 is 2.12 bits per heavy atom. The van der Waals surface area contributed by atoms with Crippen LogP contribution in [-0.2, 0) is 0 Å². The van der Waals surface area contributed by atoms with E-state index in [0.717, 1.165) is 37.9 Å². The molecule has 1 unspecified atom stereocenters. The summed E-state index contributed by atoms with van der Waals surface area (Å²) in [6.45, 7) is 9.56. The van der Waals surface area contributed by atoms with Crippen molar-refractivity contribution < 1.29 is 0 Å². The standard InChI is InChI=1S/C12H26N4.HI/c1-4-7-14-12(13-5-2)15-9-11-6-8-16(3)10-11;/h11H,4-10H2,1-3H3,(H2,13,14,15);1H. The van der Waals surface area contributed by atoms with Gasteiger partial charge in [-0.25, -0.2) is 0 Å². The summed E-state index contributed by atoms with van der Waals surface area (Å²) in [4.78, 5) is 7.02. The summed E-state index contributed by atoms with van der Waals surface area (Å²) in [6.07, 6.45) is 2.42. The van der Waals surface area contributed by atoms with Crippen LogP contribution in [0.5, 0.6) is 0 Å². The molecule has 0 aliphatic carbocycles. The van der Waals surface area contributed by atoms with Gasteiger partial charge in [0.1, 0.15) is 0 Å². The summed E-state index contributed by atoms with van der Waals surface area (Å²) in [5, 5.41) is 6.61. The summed E-state index contributed by atoms with van der Waals surface area (Å²) in [5.41, 5.74) is 0. The predicted octanol–water partition coefficient (Wildman–Crippen LogP) is 1.52. The SMILES string of the molecule is CCCNC(=NCC1CCN(C)C1)NCC.I. The van der Waals surface area contributed by atoms with Crippen LogP contribution in [0.4, 0.5) is 0 Å². The minimum atomic E-state index is 0. The Morgan fingerprint density at radius 1 is 1.35 bits per heavy atom. The summed E-state index contributed by atoms with van der Waals surface area (Å²) in [6, 6.07) is 0. The zero-order valence-electron chi connectivity index (χ0n) is 11.3. The molecule has 0 aromatic carbocycles. The monoisotopic (exact) mass is 354 g/mol. The van der Waals surface area contributed by atoms with Crippen molar-refractivity contribution >= 4 is 29.9 Å². The Kier molecular flexibility index (Phi) is 9.91. The van der Waals surface area contributed by atoms with Crippen LogP contribution in [0.15, 0.2) is 4.99 Å². The van der Waals surface area contributed by atoms with Crippen molar-refractivity contribution in [2.75, 3.05) is 39.8 Å². The fourth-order valence-electron chi connectivity index (χ4n) is 1.98. The Morgan fingerprint density at radius 3 is 2.65 bits per heavy atom. The molecule has 1 heterocycles. The van der Waals surface area contributed by atoms with Crippen molar-refractivity contribution in [1.82, 2.24) is 15.5 Å². The van der Waals surface area contributed by atoms with E-state index in [2.05, 4.69) is 41.4 Å². The van der Waals surface area contributed by atoms with Gasteiger partial charge in [0.2, 0.25) is 0 Å². The van der Waals surface area contributed by atoms with E-state index in [-0.39, 0.29) is 24.0 Å². The molecule has 0 amide bonds. The van der Waals surface area contributed by atoms with E-state index in [1.54, 1.807) is 0 Å². The maximum atomic E-state index is 4.64. The first-order chi connectivity index (χ1) is 7.76. The molecule has 5 heteroatoms. The van der Waals surface area contributed by atoms with Crippen molar-refractivity contribution in [2.45, 2.75) is 26.7 Å². The third-order valence-electron chi connectivity index (χ3n) is 2.88. The van der Waals surface area contributed by atoms with Gasteiger partial charge in [0, 0.05) is 26.2 Å². The van der Waals surface area contributed by atoms with Gasteiger partial charge in [-0.1, -0.05) is 6.92 Å². The van der Waals surface area contributed by atoms with Crippen LogP contribution in [-0.4, -0.2) is 50.6 Å². The van der Waals surface area contributed by atoms with Gasteiger partial charge in [-0.2, -0.15) is 0 Å². The number of hydrogen-bond acceptors (Lipinski definition) is 2. The Bertz CT molecular complexity index is 221. The fourth-order valence-corrected chi connectivity index (χ4v) is 1.98. The molecule has 0 bridgehead atoms. The minimum Gasteiger partial charge on any atom is -0.357 e. The molecule has 17 heavy (non-hydrogen) atoms. The van der Waals surface area contributed by atoms with E-state index in [0.29, 0.717) is 0 Å². The van der Waals surface area contributed by atoms with Crippen LogP contribution in [0.2, 0.25) is 0 Å². The van der Waals surface area contributed by atoms with Crippen molar-refractivity contribution in [3.8, 4) is 0 Å². The van der Waals surface area contributed by atoms with Crippen LogP contribution in [0.3, 0.4) is 0 Å². The maximum absolute atomic E-state index is 4.64. The van der Waals surface area contributed by atoms with E-state index < -0.39 is 0 Å². The van der Waals surface area contributed by atoms with Gasteiger partial charge < -0.3 is 15.5 Å². The van der Waals surface area contributed by atoms with Crippen molar-refractivity contribution in [3.63, 3.8) is 0 Å². The summed E-state index contributed by atoms with van der Waals surface area (Å²) >= 11 is 0. The lowest BCUT2D eigenvalue weighted by atomic mass is 10.1. The summed E-state index contributed by atoms with van der Waals surface area (Å²) in [7, 11) is 2.18. The zero-order chi connectivity index (χ0) is 11.8. The molecule has 1 fully saturated rings. The molecule has 2 N–H and O–H groups in total. The first-order valence-corrected chi connectivity index (χ1v) is 6.47. The highest BCUT2D eigenvalue weighted by Crippen LogP contribution is 2.13. The number of likely N-dealkylation sites (tertiary alicyclic amines) is 1. The lowest BCUT2D eigenvalue weighted by Gasteiger charge is -2.12. The van der Waals surface area contributed by atoms with Gasteiger partial charge in [0.25, 0.3) is 0 Å². The Labute approximate surface area is 123 Å². The molecule has 0 saturated carbocycles. The number of aliphatic imine (C=N–C) groups is 1. The van der Waals surface area contributed by atoms with Crippen LogP contribution in [0, 0.1) is 5.92 Å². The summed E-state index contributed by atoms with van der Waals surface area (Å²) in [5.74, 6) is 1.71. The number of halogens is 1. The van der Waals surface area contributed by atoms with Gasteiger partial charge in [0.05, 0.1) is 0 Å². The van der Waals surface area contributed by atoms with Gasteiger partial charge in [-0.3, -0.25) is 4.99 Å². The largest absolute Gasteiger partial charge is 0.357 e. The van der Waals surface area contributed by atoms with E-state index in [9.17, 15) is 0 Å². The van der Waals surface area contributed by atoms with Crippen molar-refractivity contribution in [1.29, 1.82) is 0 Å². The third-order valence-corrected chi connectivity index (χ3v) is 2.88. The lowest BCUT2D eigenvalue weighted by molar-refractivity contribution is 0.397. The van der Waals surface area contributed by atoms with Gasteiger partial charge in [-0.15, -0.1) is 24.0 Å². The molecule has 1 aliphatic rings. The molecule has 0 radical (unpaired) electrons. The number of guanidine groups is 1. The van der Waals surface area contributed by atoms with Crippen molar-refractivity contribution in [2.24, 2.45) is 10.9 Å². The normalized spacial score (nSPS) is 21.1. The first-order valence-electron chi connectivity index (χ1n) is 6.47. The molecule has 0 aromatic heterocycles. The second-order valence-corrected chi connectivity index (χ2v) is 4.56. The Hall–Kier alpha value is -0.0400. The molecule has 0 aromatic rings. The lowest BCUT2D eigenvalue weighted by Crippen LogP contribution is -2.38. The zero-order valence-corrected chi connectivity index (χ0v) is 13.7. The van der Waals surface area contributed by atoms with Crippen LogP contribution in [0.25, 0.3) is 0 Å². The highest BCUT2D eigenvalue weighted by Gasteiger charge is 2.18. The fraction of sp³-hybridized carbons (Fsp3) is 0.917. The van der Waals surface area contributed by atoms with Crippen LogP contribution in [0.1, 0.15) is 26.7 Å². The quantitative estimate of drug-likeness (QED) is 0.447. The first kappa shape index (κ1) is 17.0. The second kappa shape index (κ2) is 9.94. The minimum absolute atomic E-state index is 0. The smallest absolute Gasteiger partial charge is 0.191 e. The molecular formula is C12H27IN4. The topological polar surface area (TPSA) is 39.7 Å².